The van der Waals surface area contributed by atoms with Crippen LogP contribution in [0.4, 0.5) is 0 Å². The lowest BCUT2D eigenvalue weighted by Crippen LogP contribution is -2.25. The van der Waals surface area contributed by atoms with Crippen LogP contribution in [0.2, 0.25) is 5.02 Å². The summed E-state index contributed by atoms with van der Waals surface area (Å²) in [5.41, 5.74) is 1.44. The monoisotopic (exact) mass is 451 g/mol. The second-order valence-electron chi connectivity index (χ2n) is 9.72. The van der Waals surface area contributed by atoms with Crippen molar-refractivity contribution >= 4 is 28.7 Å². The first-order valence-corrected chi connectivity index (χ1v) is 11.7. The molecule has 5 nitrogen and oxygen atoms in total. The Kier molecular flexibility index (Phi) is 6.66. The van der Waals surface area contributed by atoms with Gasteiger partial charge in [0.05, 0.1) is 28.7 Å². The molecule has 0 saturated heterocycles. The summed E-state index contributed by atoms with van der Waals surface area (Å²) >= 11 is 6.43. The number of ether oxygens (including phenoxy) is 1. The Balaban J connectivity index is 1.68. The number of benzene rings is 2. The Hall–Kier alpha value is -2.66. The van der Waals surface area contributed by atoms with Gasteiger partial charge < -0.3 is 4.74 Å². The third kappa shape index (κ3) is 5.21. The first kappa shape index (κ1) is 22.5. The standard InChI is InChI=1S/C26H30ClN3O2/c1-26(2,3)17-32-23-14-13-18(15-21(23)27)16-28-30-24(19-9-5-4-6-10-19)29-22-12-8-7-11-20(22)25(30)31/h7-8,11-16,19H,4-6,9-10,17H2,1-3H3. The molecule has 1 aromatic heterocycles. The highest BCUT2D eigenvalue weighted by atomic mass is 35.5. The van der Waals surface area contributed by atoms with Crippen LogP contribution in [-0.4, -0.2) is 22.5 Å². The first-order chi connectivity index (χ1) is 15.3. The second-order valence-corrected chi connectivity index (χ2v) is 10.1. The maximum absolute atomic E-state index is 13.3. The Morgan fingerprint density at radius 3 is 2.62 bits per heavy atom. The van der Waals surface area contributed by atoms with E-state index < -0.39 is 0 Å². The van der Waals surface area contributed by atoms with Crippen molar-refractivity contribution in [2.75, 3.05) is 6.61 Å². The summed E-state index contributed by atoms with van der Waals surface area (Å²) in [5, 5.41) is 5.67. The molecule has 32 heavy (non-hydrogen) atoms. The fourth-order valence-electron chi connectivity index (χ4n) is 4.01. The number of hydrogen-bond donors (Lipinski definition) is 0. The van der Waals surface area contributed by atoms with Crippen LogP contribution in [0.25, 0.3) is 10.9 Å². The lowest BCUT2D eigenvalue weighted by molar-refractivity contribution is 0.198. The molecule has 6 heteroatoms. The van der Waals surface area contributed by atoms with Gasteiger partial charge in [-0.1, -0.05) is 63.8 Å². The van der Waals surface area contributed by atoms with Crippen molar-refractivity contribution in [2.45, 2.75) is 58.8 Å². The maximum Gasteiger partial charge on any atom is 0.282 e. The van der Waals surface area contributed by atoms with Crippen LogP contribution >= 0.6 is 11.6 Å². The molecule has 2 aromatic carbocycles. The lowest BCUT2D eigenvalue weighted by atomic mass is 9.88. The van der Waals surface area contributed by atoms with E-state index in [9.17, 15) is 4.79 Å². The van der Waals surface area contributed by atoms with Gasteiger partial charge in [0.2, 0.25) is 0 Å². The minimum atomic E-state index is -0.136. The van der Waals surface area contributed by atoms with Crippen LogP contribution in [-0.2, 0) is 0 Å². The highest BCUT2D eigenvalue weighted by molar-refractivity contribution is 6.32. The quantitative estimate of drug-likeness (QED) is 0.421. The molecule has 0 radical (unpaired) electrons. The van der Waals surface area contributed by atoms with Gasteiger partial charge in [0.25, 0.3) is 5.56 Å². The predicted octanol–water partition coefficient (Wildman–Crippen LogP) is 6.40. The third-order valence-corrected chi connectivity index (χ3v) is 5.98. The molecule has 1 aliphatic carbocycles. The predicted molar refractivity (Wildman–Crippen MR) is 131 cm³/mol. The summed E-state index contributed by atoms with van der Waals surface area (Å²) in [5.74, 6) is 1.64. The molecule has 0 atom stereocenters. The number of para-hydroxylation sites is 1. The summed E-state index contributed by atoms with van der Waals surface area (Å²) < 4.78 is 7.33. The zero-order valence-corrected chi connectivity index (χ0v) is 19.7. The molecule has 0 N–H and O–H groups in total. The van der Waals surface area contributed by atoms with Crippen molar-refractivity contribution in [3.05, 3.63) is 69.2 Å². The number of nitrogens with zero attached hydrogens (tertiary/aromatic N) is 3. The number of hydrogen-bond acceptors (Lipinski definition) is 4. The first-order valence-electron chi connectivity index (χ1n) is 11.3. The van der Waals surface area contributed by atoms with Gasteiger partial charge in [-0.3, -0.25) is 4.79 Å². The van der Waals surface area contributed by atoms with E-state index in [0.29, 0.717) is 22.8 Å². The van der Waals surface area contributed by atoms with E-state index in [-0.39, 0.29) is 16.9 Å². The van der Waals surface area contributed by atoms with Crippen LogP contribution in [0, 0.1) is 5.41 Å². The van der Waals surface area contributed by atoms with Crippen molar-refractivity contribution in [3.63, 3.8) is 0 Å². The number of aromatic nitrogens is 2. The molecule has 0 amide bonds. The van der Waals surface area contributed by atoms with E-state index in [2.05, 4.69) is 25.9 Å². The molecule has 0 aliphatic heterocycles. The summed E-state index contributed by atoms with van der Waals surface area (Å²) in [7, 11) is 0. The Morgan fingerprint density at radius 1 is 1.16 bits per heavy atom. The summed E-state index contributed by atoms with van der Waals surface area (Å²) in [6.45, 7) is 6.91. The molecule has 1 aliphatic rings. The number of fused-ring (bicyclic) bond motifs is 1. The van der Waals surface area contributed by atoms with Crippen molar-refractivity contribution in [2.24, 2.45) is 10.5 Å². The van der Waals surface area contributed by atoms with Crippen molar-refractivity contribution in [3.8, 4) is 5.75 Å². The van der Waals surface area contributed by atoms with E-state index >= 15 is 0 Å². The number of rotatable bonds is 5. The minimum absolute atomic E-state index is 0.0449. The average Bonchev–Trinajstić information content (AvgIpc) is 2.78. The highest BCUT2D eigenvalue weighted by Crippen LogP contribution is 2.32. The summed E-state index contributed by atoms with van der Waals surface area (Å²) in [6.07, 6.45) is 7.28. The van der Waals surface area contributed by atoms with Crippen LogP contribution < -0.4 is 10.3 Å². The maximum atomic E-state index is 13.3. The third-order valence-electron chi connectivity index (χ3n) is 5.69. The van der Waals surface area contributed by atoms with Crippen molar-refractivity contribution < 1.29 is 4.74 Å². The van der Waals surface area contributed by atoms with Crippen molar-refractivity contribution in [1.82, 2.24) is 9.66 Å². The smallest absolute Gasteiger partial charge is 0.282 e. The van der Waals surface area contributed by atoms with Crippen LogP contribution in [0.1, 0.15) is 70.2 Å². The zero-order chi connectivity index (χ0) is 22.7. The molecular weight excluding hydrogens is 422 g/mol. The topological polar surface area (TPSA) is 56.5 Å². The van der Waals surface area contributed by atoms with Gasteiger partial charge in [-0.2, -0.15) is 9.78 Å². The van der Waals surface area contributed by atoms with Gasteiger partial charge in [0.1, 0.15) is 11.6 Å². The van der Waals surface area contributed by atoms with E-state index in [0.717, 1.165) is 42.6 Å². The lowest BCUT2D eigenvalue weighted by Gasteiger charge is -2.22. The van der Waals surface area contributed by atoms with E-state index in [4.69, 9.17) is 21.3 Å². The van der Waals surface area contributed by atoms with Gasteiger partial charge in [-0.25, -0.2) is 4.98 Å². The fourth-order valence-corrected chi connectivity index (χ4v) is 4.25. The number of halogens is 1. The molecule has 1 fully saturated rings. The minimum Gasteiger partial charge on any atom is -0.491 e. The van der Waals surface area contributed by atoms with E-state index in [1.165, 1.54) is 11.1 Å². The fraction of sp³-hybridized carbons (Fsp3) is 0.423. The van der Waals surface area contributed by atoms with Gasteiger partial charge >= 0.3 is 0 Å². The van der Waals surface area contributed by atoms with Gasteiger partial charge in [-0.05, 0) is 54.2 Å². The summed E-state index contributed by atoms with van der Waals surface area (Å²) in [4.78, 5) is 18.1. The molecule has 1 heterocycles. The molecule has 0 spiro atoms. The molecule has 168 valence electrons. The molecule has 1 saturated carbocycles. The normalized spacial score (nSPS) is 15.5. The molecule has 4 rings (SSSR count). The molecule has 3 aromatic rings. The zero-order valence-electron chi connectivity index (χ0n) is 19.0. The largest absolute Gasteiger partial charge is 0.491 e. The van der Waals surface area contributed by atoms with Gasteiger partial charge in [0, 0.05) is 5.92 Å². The molecular formula is C26H30ClN3O2. The Labute approximate surface area is 194 Å². The molecule has 0 unspecified atom stereocenters. The van der Waals surface area contributed by atoms with E-state index in [1.807, 2.05) is 36.4 Å². The van der Waals surface area contributed by atoms with Crippen LogP contribution in [0.15, 0.2) is 52.4 Å². The van der Waals surface area contributed by atoms with Crippen molar-refractivity contribution in [1.29, 1.82) is 0 Å². The van der Waals surface area contributed by atoms with Gasteiger partial charge in [-0.15, -0.1) is 0 Å². The average molecular weight is 452 g/mol. The summed E-state index contributed by atoms with van der Waals surface area (Å²) in [6, 6.07) is 13.0. The molecule has 0 bridgehead atoms. The Bertz CT molecular complexity index is 1190. The van der Waals surface area contributed by atoms with Crippen LogP contribution in [0.3, 0.4) is 0 Å². The van der Waals surface area contributed by atoms with E-state index in [1.54, 1.807) is 12.3 Å². The highest BCUT2D eigenvalue weighted by Gasteiger charge is 2.22. The second kappa shape index (κ2) is 9.45. The Morgan fingerprint density at radius 2 is 1.91 bits per heavy atom. The SMILES string of the molecule is CC(C)(C)COc1ccc(C=Nn2c(C3CCCCC3)nc3ccccc3c2=O)cc1Cl. The van der Waals surface area contributed by atoms with Crippen LogP contribution in [0.5, 0.6) is 5.75 Å². The van der Waals surface area contributed by atoms with Gasteiger partial charge in [0.15, 0.2) is 0 Å².